The molecule has 27 heavy (non-hydrogen) atoms. The van der Waals surface area contributed by atoms with E-state index >= 15 is 0 Å². The molecule has 1 spiro atoms. The van der Waals surface area contributed by atoms with E-state index in [1.54, 1.807) is 11.8 Å². The lowest BCUT2D eigenvalue weighted by Crippen LogP contribution is -2.38. The van der Waals surface area contributed by atoms with Gasteiger partial charge in [-0.25, -0.2) is 9.18 Å². The van der Waals surface area contributed by atoms with Crippen molar-refractivity contribution in [3.63, 3.8) is 0 Å². The minimum Gasteiger partial charge on any atom is -0.381 e. The van der Waals surface area contributed by atoms with Crippen LogP contribution in [0.3, 0.4) is 0 Å². The molecule has 0 saturated carbocycles. The Morgan fingerprint density at radius 1 is 1.41 bits per heavy atom. The van der Waals surface area contributed by atoms with Crippen molar-refractivity contribution in [1.29, 1.82) is 0 Å². The molecule has 2 fully saturated rings. The second-order valence-corrected chi connectivity index (χ2v) is 7.55. The van der Waals surface area contributed by atoms with Gasteiger partial charge in [0.1, 0.15) is 5.82 Å². The molecule has 4 rings (SSSR count). The molecule has 0 bridgehead atoms. The van der Waals surface area contributed by atoms with Crippen LogP contribution >= 0.6 is 11.6 Å². The van der Waals surface area contributed by atoms with Crippen molar-refractivity contribution in [1.82, 2.24) is 15.0 Å². The molecule has 2 aromatic rings. The third-order valence-corrected chi connectivity index (χ3v) is 5.73. The van der Waals surface area contributed by atoms with Crippen LogP contribution in [0.1, 0.15) is 30.5 Å². The summed E-state index contributed by atoms with van der Waals surface area (Å²) in [4.78, 5) is 18.9. The minimum absolute atomic E-state index is 0.0330. The van der Waals surface area contributed by atoms with Crippen LogP contribution < -0.4 is 5.32 Å². The summed E-state index contributed by atoms with van der Waals surface area (Å²) in [7, 11) is 0. The number of amides is 2. The monoisotopic (exact) mass is 394 g/mol. The van der Waals surface area contributed by atoms with Gasteiger partial charge in [0.05, 0.1) is 10.9 Å². The number of hydrogen-bond donors (Lipinski definition) is 1. The van der Waals surface area contributed by atoms with Gasteiger partial charge in [0, 0.05) is 37.4 Å². The van der Waals surface area contributed by atoms with Crippen LogP contribution in [0.15, 0.2) is 22.7 Å². The third-order valence-electron chi connectivity index (χ3n) is 5.44. The molecule has 2 amide bonds. The lowest BCUT2D eigenvalue weighted by Gasteiger charge is -2.36. The number of hydrogen-bond acceptors (Lipinski definition) is 5. The second kappa shape index (κ2) is 7.09. The number of likely N-dealkylation sites (tertiary alicyclic amines) is 1. The normalized spacial score (nSPS) is 21.6. The van der Waals surface area contributed by atoms with E-state index in [-0.39, 0.29) is 22.4 Å². The maximum Gasteiger partial charge on any atom is 0.321 e. The van der Waals surface area contributed by atoms with Crippen molar-refractivity contribution >= 4 is 23.3 Å². The zero-order valence-electron chi connectivity index (χ0n) is 14.9. The van der Waals surface area contributed by atoms with Gasteiger partial charge in [0.25, 0.3) is 0 Å². The fraction of sp³-hybridized carbons (Fsp3) is 0.500. The molecule has 2 aliphatic rings. The molecule has 1 atom stereocenters. The van der Waals surface area contributed by atoms with E-state index in [1.807, 2.05) is 0 Å². The Morgan fingerprint density at radius 3 is 2.85 bits per heavy atom. The molecule has 2 saturated heterocycles. The number of carbonyl (C=O) groups is 1. The first-order chi connectivity index (χ1) is 13.0. The highest BCUT2D eigenvalue weighted by Gasteiger charge is 2.51. The number of ether oxygens (including phenoxy) is 1. The van der Waals surface area contributed by atoms with Crippen molar-refractivity contribution in [2.75, 3.05) is 31.6 Å². The first kappa shape index (κ1) is 18.2. The lowest BCUT2D eigenvalue weighted by atomic mass is 9.72. The number of benzene rings is 1. The molecule has 1 aromatic carbocycles. The average molecular weight is 395 g/mol. The number of urea groups is 1. The van der Waals surface area contributed by atoms with E-state index in [1.165, 1.54) is 18.2 Å². The molecule has 0 unspecified atom stereocenters. The second-order valence-electron chi connectivity index (χ2n) is 7.15. The summed E-state index contributed by atoms with van der Waals surface area (Å²) in [5.41, 5.74) is 0.305. The number of aryl methyl sites for hydroxylation is 1. The van der Waals surface area contributed by atoms with E-state index in [2.05, 4.69) is 15.5 Å². The first-order valence-corrected chi connectivity index (χ1v) is 9.24. The van der Waals surface area contributed by atoms with Crippen molar-refractivity contribution in [3.05, 3.63) is 40.8 Å². The van der Waals surface area contributed by atoms with Crippen LogP contribution in [0.4, 0.5) is 14.9 Å². The number of anilines is 1. The summed E-state index contributed by atoms with van der Waals surface area (Å²) in [6, 6.07) is 3.85. The van der Waals surface area contributed by atoms with Crippen LogP contribution in [0, 0.1) is 18.2 Å². The summed E-state index contributed by atoms with van der Waals surface area (Å²) >= 11 is 5.80. The first-order valence-electron chi connectivity index (χ1n) is 8.86. The highest BCUT2D eigenvalue weighted by molar-refractivity contribution is 6.31. The highest BCUT2D eigenvalue weighted by Crippen LogP contribution is 2.49. The molecule has 0 aliphatic carbocycles. The van der Waals surface area contributed by atoms with E-state index in [0.717, 1.165) is 12.8 Å². The van der Waals surface area contributed by atoms with Crippen LogP contribution in [-0.2, 0) is 4.74 Å². The topological polar surface area (TPSA) is 80.5 Å². The molecule has 7 nitrogen and oxygen atoms in total. The fourth-order valence-electron chi connectivity index (χ4n) is 3.98. The van der Waals surface area contributed by atoms with Crippen molar-refractivity contribution in [2.45, 2.75) is 25.7 Å². The minimum atomic E-state index is -0.524. The summed E-state index contributed by atoms with van der Waals surface area (Å²) in [6.45, 7) is 4.12. The molecular formula is C18H20ClFN4O3. The average Bonchev–Trinajstić information content (AvgIpc) is 3.23. The molecule has 3 heterocycles. The quantitative estimate of drug-likeness (QED) is 0.841. The summed E-state index contributed by atoms with van der Waals surface area (Å²) in [5.74, 6) is 0.583. The summed E-state index contributed by atoms with van der Waals surface area (Å²) in [6.07, 6.45) is 1.65. The van der Waals surface area contributed by atoms with Gasteiger partial charge < -0.3 is 19.5 Å². The van der Waals surface area contributed by atoms with Crippen molar-refractivity contribution in [3.8, 4) is 0 Å². The van der Waals surface area contributed by atoms with Gasteiger partial charge >= 0.3 is 6.03 Å². The SMILES string of the molecule is Cc1noc([C@@H]2CN(C(=O)Nc3ccc(F)c(Cl)c3)CC23CCOCC3)n1. The largest absolute Gasteiger partial charge is 0.381 e. The van der Waals surface area contributed by atoms with Gasteiger partial charge in [0.15, 0.2) is 5.82 Å². The Kier molecular flexibility index (Phi) is 4.77. The van der Waals surface area contributed by atoms with Gasteiger partial charge in [-0.05, 0) is 38.0 Å². The maximum atomic E-state index is 13.3. The molecular weight excluding hydrogens is 375 g/mol. The summed E-state index contributed by atoms with van der Waals surface area (Å²) < 4.78 is 24.3. The standard InChI is InChI=1S/C18H20ClFN4O3/c1-11-21-16(27-23-11)13-9-24(10-18(13)4-6-26-7-5-18)17(25)22-12-2-3-15(20)14(19)8-12/h2-3,8,13H,4-7,9-10H2,1H3,(H,22,25)/t13-/m0/s1. The lowest BCUT2D eigenvalue weighted by molar-refractivity contribution is 0.00959. The number of nitrogens with zero attached hydrogens (tertiary/aromatic N) is 3. The molecule has 2 aliphatic heterocycles. The predicted molar refractivity (Wildman–Crippen MR) is 96.3 cm³/mol. The van der Waals surface area contributed by atoms with Gasteiger partial charge in [0.2, 0.25) is 5.89 Å². The molecule has 9 heteroatoms. The summed E-state index contributed by atoms with van der Waals surface area (Å²) in [5, 5.41) is 6.66. The zero-order chi connectivity index (χ0) is 19.0. The Morgan fingerprint density at radius 2 is 2.19 bits per heavy atom. The highest BCUT2D eigenvalue weighted by atomic mass is 35.5. The Hall–Kier alpha value is -2.19. The Labute approximate surface area is 160 Å². The van der Waals surface area contributed by atoms with Crippen molar-refractivity contribution in [2.24, 2.45) is 5.41 Å². The molecule has 144 valence electrons. The predicted octanol–water partition coefficient (Wildman–Crippen LogP) is 3.60. The Balaban J connectivity index is 1.55. The number of carbonyl (C=O) groups excluding carboxylic acids is 1. The van der Waals surface area contributed by atoms with E-state index in [9.17, 15) is 9.18 Å². The Bertz CT molecular complexity index is 853. The smallest absolute Gasteiger partial charge is 0.321 e. The van der Waals surface area contributed by atoms with Crippen LogP contribution in [-0.4, -0.2) is 47.4 Å². The van der Waals surface area contributed by atoms with E-state index < -0.39 is 5.82 Å². The number of halogens is 2. The number of nitrogens with one attached hydrogen (secondary N) is 1. The molecule has 1 N–H and O–H groups in total. The van der Waals surface area contributed by atoms with Gasteiger partial charge in [-0.15, -0.1) is 0 Å². The molecule has 1 aromatic heterocycles. The maximum absolute atomic E-state index is 13.3. The van der Waals surface area contributed by atoms with E-state index in [0.29, 0.717) is 43.7 Å². The van der Waals surface area contributed by atoms with Gasteiger partial charge in [-0.3, -0.25) is 0 Å². The number of aromatic nitrogens is 2. The van der Waals surface area contributed by atoms with E-state index in [4.69, 9.17) is 20.9 Å². The van der Waals surface area contributed by atoms with Gasteiger partial charge in [-0.2, -0.15) is 4.98 Å². The van der Waals surface area contributed by atoms with Crippen LogP contribution in [0.5, 0.6) is 0 Å². The van der Waals surface area contributed by atoms with Crippen LogP contribution in [0.2, 0.25) is 5.02 Å². The zero-order valence-corrected chi connectivity index (χ0v) is 15.6. The fourth-order valence-corrected chi connectivity index (χ4v) is 4.16. The van der Waals surface area contributed by atoms with Crippen LogP contribution in [0.25, 0.3) is 0 Å². The van der Waals surface area contributed by atoms with Gasteiger partial charge in [-0.1, -0.05) is 16.8 Å². The third kappa shape index (κ3) is 3.51. The number of rotatable bonds is 2. The molecule has 0 radical (unpaired) electrons. The van der Waals surface area contributed by atoms with Crippen molar-refractivity contribution < 1.29 is 18.4 Å².